The Labute approximate surface area is 140 Å². The van der Waals surface area contributed by atoms with Gasteiger partial charge in [0.2, 0.25) is 0 Å². The van der Waals surface area contributed by atoms with Crippen molar-refractivity contribution >= 4 is 28.5 Å². The number of carbonyl (C=O) groups is 2. The van der Waals surface area contributed by atoms with Crippen LogP contribution in [-0.2, 0) is 9.53 Å². The molecule has 3 aromatic rings. The number of hydrogen-bond acceptors (Lipinski definition) is 6. The molecule has 4 N–H and O–H groups in total. The van der Waals surface area contributed by atoms with Crippen molar-refractivity contribution in [2.45, 2.75) is 0 Å². The van der Waals surface area contributed by atoms with Gasteiger partial charge in [0.15, 0.2) is 11.7 Å². The standard InChI is InChI=1S/C15H13N5O3S/c16-14(22)23-7-13(21)20-15-19-12(8-24-15)10-3-1-9(2-4-10)11-5-17-18-6-11/h1-6,8H,7H2,(H2,16,22)(H,17,18)(H,19,20,21). The van der Waals surface area contributed by atoms with E-state index in [4.69, 9.17) is 5.73 Å². The normalized spacial score (nSPS) is 10.3. The number of ether oxygens (including phenoxy) is 1. The lowest BCUT2D eigenvalue weighted by molar-refractivity contribution is -0.118. The quantitative estimate of drug-likeness (QED) is 0.655. The van der Waals surface area contributed by atoms with Gasteiger partial charge < -0.3 is 10.5 Å². The van der Waals surface area contributed by atoms with Gasteiger partial charge in [0.25, 0.3) is 5.91 Å². The Bertz CT molecular complexity index is 842. The first kappa shape index (κ1) is 15.7. The maximum absolute atomic E-state index is 11.6. The van der Waals surface area contributed by atoms with Crippen LogP contribution in [0.2, 0.25) is 0 Å². The van der Waals surface area contributed by atoms with Crippen LogP contribution in [0.4, 0.5) is 9.93 Å². The number of nitrogens with one attached hydrogen (secondary N) is 2. The number of nitrogens with zero attached hydrogens (tertiary/aromatic N) is 2. The third-order valence-corrected chi connectivity index (χ3v) is 3.87. The van der Waals surface area contributed by atoms with Crippen molar-refractivity contribution in [1.29, 1.82) is 0 Å². The molecule has 0 saturated carbocycles. The lowest BCUT2D eigenvalue weighted by Gasteiger charge is -2.02. The lowest BCUT2D eigenvalue weighted by Crippen LogP contribution is -2.23. The second-order valence-electron chi connectivity index (χ2n) is 4.76. The molecule has 2 aromatic heterocycles. The molecule has 0 aliphatic carbocycles. The highest BCUT2D eigenvalue weighted by Crippen LogP contribution is 2.27. The molecule has 8 nitrogen and oxygen atoms in total. The number of anilines is 1. The first-order valence-electron chi connectivity index (χ1n) is 6.89. The van der Waals surface area contributed by atoms with E-state index in [-0.39, 0.29) is 0 Å². The summed E-state index contributed by atoms with van der Waals surface area (Å²) in [6, 6.07) is 7.83. The Hall–Kier alpha value is -3.20. The smallest absolute Gasteiger partial charge is 0.405 e. The molecule has 0 unspecified atom stereocenters. The topological polar surface area (TPSA) is 123 Å². The van der Waals surface area contributed by atoms with E-state index in [9.17, 15) is 9.59 Å². The molecule has 9 heteroatoms. The third-order valence-electron chi connectivity index (χ3n) is 3.11. The van der Waals surface area contributed by atoms with E-state index < -0.39 is 18.6 Å². The fraction of sp³-hybridized carbons (Fsp3) is 0.0667. The molecule has 1 aromatic carbocycles. The van der Waals surface area contributed by atoms with E-state index in [1.807, 2.05) is 35.8 Å². The maximum atomic E-state index is 11.6. The van der Waals surface area contributed by atoms with Crippen LogP contribution in [0.3, 0.4) is 0 Å². The highest BCUT2D eigenvalue weighted by molar-refractivity contribution is 7.14. The Kier molecular flexibility index (Phi) is 4.52. The SMILES string of the molecule is NC(=O)OCC(=O)Nc1nc(-c2ccc(-c3cn[nH]c3)cc2)cs1. The molecule has 0 radical (unpaired) electrons. The highest BCUT2D eigenvalue weighted by atomic mass is 32.1. The second-order valence-corrected chi connectivity index (χ2v) is 5.62. The average Bonchev–Trinajstić information content (AvgIpc) is 3.25. The first-order valence-corrected chi connectivity index (χ1v) is 7.77. The predicted octanol–water partition coefficient (Wildman–Crippen LogP) is 2.23. The molecule has 2 heterocycles. The zero-order valence-electron chi connectivity index (χ0n) is 12.4. The minimum Gasteiger partial charge on any atom is -0.440 e. The first-order chi connectivity index (χ1) is 11.6. The number of nitrogens with two attached hydrogens (primary N) is 1. The van der Waals surface area contributed by atoms with Gasteiger partial charge in [0.1, 0.15) is 0 Å². The zero-order valence-corrected chi connectivity index (χ0v) is 13.2. The number of benzene rings is 1. The van der Waals surface area contributed by atoms with Crippen molar-refractivity contribution in [3.8, 4) is 22.4 Å². The van der Waals surface area contributed by atoms with Gasteiger partial charge in [-0.1, -0.05) is 24.3 Å². The monoisotopic (exact) mass is 343 g/mol. The maximum Gasteiger partial charge on any atom is 0.405 e. The molecule has 0 spiro atoms. The Morgan fingerprint density at radius 1 is 1.21 bits per heavy atom. The van der Waals surface area contributed by atoms with E-state index in [2.05, 4.69) is 25.2 Å². The second kappa shape index (κ2) is 6.92. The zero-order chi connectivity index (χ0) is 16.9. The van der Waals surface area contributed by atoms with Crippen LogP contribution < -0.4 is 11.1 Å². The van der Waals surface area contributed by atoms with Gasteiger partial charge in [0.05, 0.1) is 11.9 Å². The number of thiazole rings is 1. The average molecular weight is 343 g/mol. The number of primary amides is 1. The summed E-state index contributed by atoms with van der Waals surface area (Å²) < 4.78 is 4.41. The number of amides is 2. The van der Waals surface area contributed by atoms with E-state index >= 15 is 0 Å². The summed E-state index contributed by atoms with van der Waals surface area (Å²) in [5, 5.41) is 11.5. The fourth-order valence-electron chi connectivity index (χ4n) is 2.00. The van der Waals surface area contributed by atoms with Crippen molar-refractivity contribution in [3.63, 3.8) is 0 Å². The van der Waals surface area contributed by atoms with Crippen LogP contribution in [0, 0.1) is 0 Å². The molecule has 0 aliphatic heterocycles. The van der Waals surface area contributed by atoms with Gasteiger partial charge in [-0.2, -0.15) is 5.10 Å². The molecule has 0 bridgehead atoms. The summed E-state index contributed by atoms with van der Waals surface area (Å²) in [5.74, 6) is -0.495. The molecule has 0 saturated heterocycles. The minimum atomic E-state index is -0.998. The molecule has 3 rings (SSSR count). The van der Waals surface area contributed by atoms with E-state index in [1.54, 1.807) is 6.20 Å². The number of H-pyrrole nitrogens is 1. The van der Waals surface area contributed by atoms with E-state index in [0.717, 1.165) is 22.4 Å². The predicted molar refractivity (Wildman–Crippen MR) is 89.3 cm³/mol. The number of carbonyl (C=O) groups excluding carboxylic acids is 2. The Balaban J connectivity index is 1.67. The summed E-state index contributed by atoms with van der Waals surface area (Å²) in [6.07, 6.45) is 2.57. The number of aromatic amines is 1. The van der Waals surface area contributed by atoms with E-state index in [1.165, 1.54) is 11.3 Å². The molecule has 24 heavy (non-hydrogen) atoms. The third kappa shape index (κ3) is 3.76. The molecule has 0 atom stereocenters. The van der Waals surface area contributed by atoms with Gasteiger partial charge in [0, 0.05) is 22.7 Å². The minimum absolute atomic E-state index is 0.419. The van der Waals surface area contributed by atoms with Gasteiger partial charge in [-0.25, -0.2) is 9.78 Å². The summed E-state index contributed by atoms with van der Waals surface area (Å²) in [6.45, 7) is -0.441. The Morgan fingerprint density at radius 2 is 1.96 bits per heavy atom. The van der Waals surface area contributed by atoms with Crippen LogP contribution in [0.1, 0.15) is 0 Å². The van der Waals surface area contributed by atoms with Crippen molar-refractivity contribution in [1.82, 2.24) is 15.2 Å². The molecule has 122 valence electrons. The van der Waals surface area contributed by atoms with Gasteiger partial charge in [-0.15, -0.1) is 11.3 Å². The van der Waals surface area contributed by atoms with Crippen molar-refractivity contribution < 1.29 is 14.3 Å². The molecule has 0 aliphatic rings. The van der Waals surface area contributed by atoms with Gasteiger partial charge >= 0.3 is 6.09 Å². The van der Waals surface area contributed by atoms with Crippen molar-refractivity contribution in [3.05, 3.63) is 42.0 Å². The Morgan fingerprint density at radius 3 is 2.62 bits per heavy atom. The number of aromatic nitrogens is 3. The highest BCUT2D eigenvalue weighted by Gasteiger charge is 2.10. The summed E-state index contributed by atoms with van der Waals surface area (Å²) in [4.78, 5) is 26.3. The van der Waals surface area contributed by atoms with Crippen molar-refractivity contribution in [2.75, 3.05) is 11.9 Å². The van der Waals surface area contributed by atoms with Gasteiger partial charge in [-0.3, -0.25) is 15.2 Å². The fourth-order valence-corrected chi connectivity index (χ4v) is 2.73. The largest absolute Gasteiger partial charge is 0.440 e. The van der Waals surface area contributed by atoms with Gasteiger partial charge in [-0.05, 0) is 5.56 Å². The van der Waals surface area contributed by atoms with Crippen LogP contribution >= 0.6 is 11.3 Å². The van der Waals surface area contributed by atoms with E-state index in [0.29, 0.717) is 5.13 Å². The van der Waals surface area contributed by atoms with Crippen LogP contribution in [-0.4, -0.2) is 33.8 Å². The number of rotatable bonds is 5. The molecular formula is C15H13N5O3S. The molecular weight excluding hydrogens is 330 g/mol. The summed E-state index contributed by atoms with van der Waals surface area (Å²) in [5.41, 5.74) is 8.51. The van der Waals surface area contributed by atoms with Crippen LogP contribution in [0.15, 0.2) is 42.0 Å². The lowest BCUT2D eigenvalue weighted by atomic mass is 10.1. The van der Waals surface area contributed by atoms with Crippen molar-refractivity contribution in [2.24, 2.45) is 5.73 Å². The number of hydrogen-bond donors (Lipinski definition) is 3. The molecule has 0 fully saturated rings. The summed E-state index contributed by atoms with van der Waals surface area (Å²) in [7, 11) is 0. The van der Waals surface area contributed by atoms with Crippen LogP contribution in [0.25, 0.3) is 22.4 Å². The molecule has 2 amide bonds. The van der Waals surface area contributed by atoms with Crippen LogP contribution in [0.5, 0.6) is 0 Å². The summed E-state index contributed by atoms with van der Waals surface area (Å²) >= 11 is 1.28.